The fraction of sp³-hybridized carbons (Fsp3) is 0.938. The molecule has 3 rings (SSSR count). The van der Waals surface area contributed by atoms with Gasteiger partial charge in [-0.3, -0.25) is 4.90 Å². The number of piperidine rings is 2. The summed E-state index contributed by atoms with van der Waals surface area (Å²) in [6.07, 6.45) is 1.90. The molecule has 0 unspecified atom stereocenters. The number of hydrogen-bond donors (Lipinski definition) is 1. The number of rotatable bonds is 4. The van der Waals surface area contributed by atoms with E-state index < -0.39 is 12.7 Å². The van der Waals surface area contributed by atoms with E-state index in [-0.39, 0.29) is 6.03 Å². The van der Waals surface area contributed by atoms with Gasteiger partial charge in [0, 0.05) is 19.1 Å². The first-order chi connectivity index (χ1) is 10.9. The molecule has 0 aromatic heterocycles. The van der Waals surface area contributed by atoms with Crippen molar-refractivity contribution in [2.75, 3.05) is 32.7 Å². The Labute approximate surface area is 135 Å². The van der Waals surface area contributed by atoms with E-state index in [4.69, 9.17) is 0 Å². The molecule has 2 bridgehead atoms. The van der Waals surface area contributed by atoms with Crippen LogP contribution in [0.2, 0.25) is 0 Å². The molecule has 1 aliphatic carbocycles. The van der Waals surface area contributed by atoms with Crippen molar-refractivity contribution in [3.05, 3.63) is 0 Å². The van der Waals surface area contributed by atoms with Crippen LogP contribution in [0.1, 0.15) is 38.5 Å². The van der Waals surface area contributed by atoms with Gasteiger partial charge < -0.3 is 10.2 Å². The number of halogens is 3. The molecule has 0 aromatic rings. The third-order valence-corrected chi connectivity index (χ3v) is 5.61. The van der Waals surface area contributed by atoms with Gasteiger partial charge in [-0.1, -0.05) is 0 Å². The topological polar surface area (TPSA) is 35.6 Å². The van der Waals surface area contributed by atoms with Gasteiger partial charge in [-0.05, 0) is 63.5 Å². The largest absolute Gasteiger partial charge is 0.401 e. The summed E-state index contributed by atoms with van der Waals surface area (Å²) in [4.78, 5) is 15.6. The van der Waals surface area contributed by atoms with Crippen molar-refractivity contribution in [2.24, 2.45) is 11.8 Å². The molecule has 2 heterocycles. The Morgan fingerprint density at radius 3 is 2.43 bits per heavy atom. The summed E-state index contributed by atoms with van der Waals surface area (Å²) in [5, 5.41) is 3.00. The van der Waals surface area contributed by atoms with Gasteiger partial charge in [-0.15, -0.1) is 0 Å². The molecule has 7 heteroatoms. The highest BCUT2D eigenvalue weighted by Gasteiger charge is 2.40. The van der Waals surface area contributed by atoms with Gasteiger partial charge in [0.05, 0.1) is 6.54 Å². The lowest BCUT2D eigenvalue weighted by Crippen LogP contribution is -2.45. The van der Waals surface area contributed by atoms with Gasteiger partial charge >= 0.3 is 12.2 Å². The first-order valence-corrected chi connectivity index (χ1v) is 8.74. The summed E-state index contributed by atoms with van der Waals surface area (Å²) < 4.78 is 37.0. The molecule has 2 amide bonds. The molecule has 4 nitrogen and oxygen atoms in total. The van der Waals surface area contributed by atoms with E-state index in [0.717, 1.165) is 38.6 Å². The SMILES string of the molecule is O=C(NCCC1CCN(CC(F)(F)F)CC1)N1C[C@H]2CC[C@@H]1C2. The number of carbonyl (C=O) groups is 1. The van der Waals surface area contributed by atoms with E-state index in [1.54, 1.807) is 0 Å². The van der Waals surface area contributed by atoms with Crippen LogP contribution in [0, 0.1) is 11.8 Å². The number of urea groups is 1. The number of carbonyl (C=O) groups excluding carboxylic acids is 1. The zero-order valence-corrected chi connectivity index (χ0v) is 13.4. The van der Waals surface area contributed by atoms with Crippen LogP contribution in [0.3, 0.4) is 0 Å². The Morgan fingerprint density at radius 2 is 1.87 bits per heavy atom. The lowest BCUT2D eigenvalue weighted by atomic mass is 9.93. The van der Waals surface area contributed by atoms with Crippen molar-refractivity contribution in [2.45, 2.75) is 50.7 Å². The highest BCUT2D eigenvalue weighted by atomic mass is 19.4. The summed E-state index contributed by atoms with van der Waals surface area (Å²) in [5.41, 5.74) is 0. The van der Waals surface area contributed by atoms with E-state index in [0.29, 0.717) is 37.5 Å². The zero-order valence-electron chi connectivity index (χ0n) is 13.4. The molecule has 0 aromatic carbocycles. The van der Waals surface area contributed by atoms with Crippen LogP contribution in [0.5, 0.6) is 0 Å². The maximum atomic E-state index is 12.3. The highest BCUT2D eigenvalue weighted by Crippen LogP contribution is 2.37. The summed E-state index contributed by atoms with van der Waals surface area (Å²) >= 11 is 0. The number of fused-ring (bicyclic) bond motifs is 2. The Hall–Kier alpha value is -0.980. The molecule has 132 valence electrons. The molecular weight excluding hydrogens is 307 g/mol. The Morgan fingerprint density at radius 1 is 1.13 bits per heavy atom. The molecule has 0 spiro atoms. The van der Waals surface area contributed by atoms with Gasteiger partial charge in [0.2, 0.25) is 0 Å². The summed E-state index contributed by atoms with van der Waals surface area (Å²) in [6, 6.07) is 0.484. The minimum atomic E-state index is -4.10. The van der Waals surface area contributed by atoms with Crippen LogP contribution < -0.4 is 5.32 Å². The third kappa shape index (κ3) is 4.52. The van der Waals surface area contributed by atoms with Crippen molar-refractivity contribution < 1.29 is 18.0 Å². The van der Waals surface area contributed by atoms with E-state index >= 15 is 0 Å². The predicted octanol–water partition coefficient (Wildman–Crippen LogP) is 2.84. The Bertz CT molecular complexity index is 421. The molecule has 1 N–H and O–H groups in total. The standard InChI is InChI=1S/C16H26F3N3O/c17-16(18,19)11-21-7-4-12(5-8-21)3-6-20-15(23)22-10-13-1-2-14(22)9-13/h12-14H,1-11H2,(H,20,23)/t13-,14+/m0/s1. The quantitative estimate of drug-likeness (QED) is 0.859. The minimum absolute atomic E-state index is 0.0479. The lowest BCUT2D eigenvalue weighted by molar-refractivity contribution is -0.148. The molecule has 0 radical (unpaired) electrons. The number of alkyl halides is 3. The molecule has 1 saturated carbocycles. The van der Waals surface area contributed by atoms with E-state index in [1.807, 2.05) is 4.90 Å². The lowest BCUT2D eigenvalue weighted by Gasteiger charge is -2.32. The van der Waals surface area contributed by atoms with E-state index in [1.165, 1.54) is 11.3 Å². The summed E-state index contributed by atoms with van der Waals surface area (Å²) in [5.74, 6) is 1.12. The first-order valence-electron chi connectivity index (χ1n) is 8.74. The molecule has 3 aliphatic rings. The van der Waals surface area contributed by atoms with Crippen molar-refractivity contribution in [1.82, 2.24) is 15.1 Å². The second kappa shape index (κ2) is 6.87. The first kappa shape index (κ1) is 16.9. The van der Waals surface area contributed by atoms with Crippen molar-refractivity contribution in [3.8, 4) is 0 Å². The monoisotopic (exact) mass is 333 g/mol. The minimum Gasteiger partial charge on any atom is -0.338 e. The van der Waals surface area contributed by atoms with Crippen molar-refractivity contribution in [1.29, 1.82) is 0 Å². The molecule has 23 heavy (non-hydrogen) atoms. The maximum Gasteiger partial charge on any atom is 0.401 e. The van der Waals surface area contributed by atoms with Crippen LogP contribution in [0.25, 0.3) is 0 Å². The van der Waals surface area contributed by atoms with Crippen LogP contribution in [-0.2, 0) is 0 Å². The number of nitrogens with zero attached hydrogens (tertiary/aromatic N) is 2. The second-order valence-corrected chi connectivity index (χ2v) is 7.34. The third-order valence-electron chi connectivity index (χ3n) is 5.61. The Kier molecular flexibility index (Phi) is 5.04. The molecule has 2 atom stereocenters. The normalized spacial score (nSPS) is 29.3. The number of likely N-dealkylation sites (tertiary alicyclic amines) is 2. The highest BCUT2D eigenvalue weighted by molar-refractivity contribution is 5.75. The fourth-order valence-electron chi connectivity index (χ4n) is 4.34. The van der Waals surface area contributed by atoms with Crippen molar-refractivity contribution in [3.63, 3.8) is 0 Å². The second-order valence-electron chi connectivity index (χ2n) is 7.34. The Balaban J connectivity index is 1.30. The zero-order chi connectivity index (χ0) is 16.4. The van der Waals surface area contributed by atoms with E-state index in [2.05, 4.69) is 5.32 Å². The van der Waals surface area contributed by atoms with Gasteiger partial charge in [0.25, 0.3) is 0 Å². The van der Waals surface area contributed by atoms with Gasteiger partial charge in [0.1, 0.15) is 0 Å². The number of amides is 2. The molecule has 2 aliphatic heterocycles. The van der Waals surface area contributed by atoms with Gasteiger partial charge in [-0.25, -0.2) is 4.79 Å². The number of nitrogens with one attached hydrogen (secondary N) is 1. The molecule has 3 fully saturated rings. The fourth-order valence-corrected chi connectivity index (χ4v) is 4.34. The van der Waals surface area contributed by atoms with Crippen LogP contribution in [0.4, 0.5) is 18.0 Å². The van der Waals surface area contributed by atoms with Crippen LogP contribution in [0.15, 0.2) is 0 Å². The summed E-state index contributed by atoms with van der Waals surface area (Å²) in [7, 11) is 0. The smallest absolute Gasteiger partial charge is 0.338 e. The van der Waals surface area contributed by atoms with Crippen LogP contribution in [-0.4, -0.2) is 60.8 Å². The molecule has 2 saturated heterocycles. The van der Waals surface area contributed by atoms with Gasteiger partial charge in [0.15, 0.2) is 0 Å². The average molecular weight is 333 g/mol. The average Bonchev–Trinajstić information content (AvgIpc) is 3.10. The molecular formula is C16H26F3N3O. The maximum absolute atomic E-state index is 12.3. The van der Waals surface area contributed by atoms with Crippen LogP contribution >= 0.6 is 0 Å². The van der Waals surface area contributed by atoms with Crippen molar-refractivity contribution >= 4 is 6.03 Å². The van der Waals surface area contributed by atoms with E-state index in [9.17, 15) is 18.0 Å². The summed E-state index contributed by atoms with van der Waals surface area (Å²) in [6.45, 7) is 1.75. The van der Waals surface area contributed by atoms with Gasteiger partial charge in [-0.2, -0.15) is 13.2 Å². The number of hydrogen-bond acceptors (Lipinski definition) is 2. The predicted molar refractivity (Wildman–Crippen MR) is 81.1 cm³/mol.